The molecular formula is C38H20N6O2. The maximum absolute atomic E-state index is 14.3. The van der Waals surface area contributed by atoms with Crippen LogP contribution in [0.3, 0.4) is 0 Å². The topological polar surface area (TPSA) is 96.2 Å². The number of nitriles is 1. The monoisotopic (exact) mass is 592 g/mol. The van der Waals surface area contributed by atoms with Crippen LogP contribution in [0.15, 0.2) is 122 Å². The fraction of sp³-hybridized carbons (Fsp3) is 0. The van der Waals surface area contributed by atoms with Crippen molar-refractivity contribution in [3.05, 3.63) is 150 Å². The SMILES string of the molecule is [C-]#[N+]c1ccncc1-c1cccc2c3cccc(-c4cnccc4C#N)c3n(-c3cccc4c3C(=O)N(c3ccccc3)C4=O)c12. The van der Waals surface area contributed by atoms with Crippen molar-refractivity contribution in [3.63, 3.8) is 0 Å². The van der Waals surface area contributed by atoms with E-state index in [0.29, 0.717) is 39.3 Å². The minimum absolute atomic E-state index is 0.267. The standard InChI is InChI=1S/C38H20N6O2/c1-40-32-17-19-42-22-31(32)28-13-6-11-26-25-10-5-12-27(30-21-41-18-16-23(30)20-39)35(25)44(36(26)28)33-15-7-14-29-34(33)38(46)43(37(29)45)24-8-3-2-4-9-24/h2-19,21-22H. The van der Waals surface area contributed by atoms with Gasteiger partial charge in [0.25, 0.3) is 11.8 Å². The van der Waals surface area contributed by atoms with Crippen LogP contribution in [0.1, 0.15) is 26.3 Å². The number of para-hydroxylation sites is 3. The predicted molar refractivity (Wildman–Crippen MR) is 176 cm³/mol. The first kappa shape index (κ1) is 26.7. The highest BCUT2D eigenvalue weighted by molar-refractivity contribution is 6.36. The average molecular weight is 593 g/mol. The van der Waals surface area contributed by atoms with Gasteiger partial charge in [-0.1, -0.05) is 60.7 Å². The van der Waals surface area contributed by atoms with Gasteiger partial charge in [0.2, 0.25) is 0 Å². The quantitative estimate of drug-likeness (QED) is 0.152. The zero-order valence-electron chi connectivity index (χ0n) is 24.0. The maximum Gasteiger partial charge on any atom is 0.268 e. The fourth-order valence-corrected chi connectivity index (χ4v) is 6.46. The second-order valence-electron chi connectivity index (χ2n) is 10.8. The lowest BCUT2D eigenvalue weighted by Crippen LogP contribution is -2.29. The number of carbonyl (C=O) groups excluding carboxylic acids is 2. The summed E-state index contributed by atoms with van der Waals surface area (Å²) in [5, 5.41) is 11.8. The van der Waals surface area contributed by atoms with Crippen molar-refractivity contribution in [2.45, 2.75) is 0 Å². The van der Waals surface area contributed by atoms with E-state index in [4.69, 9.17) is 6.57 Å². The van der Waals surface area contributed by atoms with Gasteiger partial charge in [0.15, 0.2) is 5.69 Å². The van der Waals surface area contributed by atoms with E-state index < -0.39 is 11.8 Å². The first-order chi connectivity index (χ1) is 22.6. The summed E-state index contributed by atoms with van der Waals surface area (Å²) < 4.78 is 1.99. The molecule has 4 aromatic carbocycles. The number of fused-ring (bicyclic) bond motifs is 4. The molecule has 214 valence electrons. The molecule has 7 aromatic rings. The van der Waals surface area contributed by atoms with Crippen LogP contribution in [-0.2, 0) is 0 Å². The molecule has 8 rings (SSSR count). The molecule has 0 saturated heterocycles. The summed E-state index contributed by atoms with van der Waals surface area (Å²) in [5.41, 5.74) is 6.61. The third-order valence-corrected chi connectivity index (χ3v) is 8.40. The predicted octanol–water partition coefficient (Wildman–Crippen LogP) is 8.13. The smallest absolute Gasteiger partial charge is 0.268 e. The Balaban J connectivity index is 1.54. The van der Waals surface area contributed by atoms with E-state index >= 15 is 0 Å². The number of aromatic nitrogens is 3. The summed E-state index contributed by atoms with van der Waals surface area (Å²) in [4.78, 5) is 41.8. The normalized spacial score (nSPS) is 12.3. The molecule has 0 spiro atoms. The highest BCUT2D eigenvalue weighted by Crippen LogP contribution is 2.45. The van der Waals surface area contributed by atoms with Gasteiger partial charge in [0, 0.05) is 52.3 Å². The first-order valence-electron chi connectivity index (χ1n) is 14.4. The minimum Gasteiger partial charge on any atom is -0.307 e. The highest BCUT2D eigenvalue weighted by atomic mass is 16.2. The summed E-state index contributed by atoms with van der Waals surface area (Å²) in [6.45, 7) is 7.88. The second-order valence-corrected chi connectivity index (χ2v) is 10.8. The lowest BCUT2D eigenvalue weighted by Gasteiger charge is -2.17. The number of hydrogen-bond acceptors (Lipinski definition) is 5. The Morgan fingerprint density at radius 2 is 1.28 bits per heavy atom. The Morgan fingerprint density at radius 1 is 0.652 bits per heavy atom. The largest absolute Gasteiger partial charge is 0.307 e. The zero-order valence-corrected chi connectivity index (χ0v) is 24.0. The molecule has 1 aliphatic rings. The Hall–Kier alpha value is -6.90. The van der Waals surface area contributed by atoms with Crippen molar-refractivity contribution in [2.24, 2.45) is 0 Å². The molecule has 8 heteroatoms. The van der Waals surface area contributed by atoms with Crippen LogP contribution in [0.25, 0.3) is 54.6 Å². The number of imide groups is 1. The van der Waals surface area contributed by atoms with Crippen LogP contribution < -0.4 is 4.90 Å². The van der Waals surface area contributed by atoms with Gasteiger partial charge in [-0.25, -0.2) is 9.74 Å². The van der Waals surface area contributed by atoms with Crippen molar-refractivity contribution >= 4 is 45.0 Å². The van der Waals surface area contributed by atoms with Crippen molar-refractivity contribution in [2.75, 3.05) is 4.90 Å². The van der Waals surface area contributed by atoms with E-state index in [9.17, 15) is 14.9 Å². The van der Waals surface area contributed by atoms with E-state index in [1.165, 1.54) is 4.90 Å². The van der Waals surface area contributed by atoms with Gasteiger partial charge in [-0.15, -0.1) is 0 Å². The number of rotatable bonds is 4. The number of benzene rings is 4. The molecule has 0 unspecified atom stereocenters. The molecule has 0 bridgehead atoms. The lowest BCUT2D eigenvalue weighted by molar-refractivity contribution is 0.0926. The van der Waals surface area contributed by atoms with Crippen LogP contribution in [0, 0.1) is 17.9 Å². The Bertz CT molecular complexity index is 2390. The highest BCUT2D eigenvalue weighted by Gasteiger charge is 2.39. The van der Waals surface area contributed by atoms with Crippen LogP contribution in [0.2, 0.25) is 0 Å². The Morgan fingerprint density at radius 3 is 1.98 bits per heavy atom. The van der Waals surface area contributed by atoms with E-state index in [0.717, 1.165) is 32.9 Å². The van der Waals surface area contributed by atoms with Crippen LogP contribution in [0.4, 0.5) is 11.4 Å². The van der Waals surface area contributed by atoms with Crippen molar-refractivity contribution < 1.29 is 9.59 Å². The summed E-state index contributed by atoms with van der Waals surface area (Å²) in [6, 6.07) is 31.5. The van der Waals surface area contributed by atoms with Crippen molar-refractivity contribution in [3.8, 4) is 34.0 Å². The molecule has 8 nitrogen and oxygen atoms in total. The molecule has 0 radical (unpaired) electrons. The van der Waals surface area contributed by atoms with E-state index in [2.05, 4.69) is 20.9 Å². The molecule has 4 heterocycles. The lowest BCUT2D eigenvalue weighted by atomic mass is 9.99. The Kier molecular flexibility index (Phi) is 6.02. The van der Waals surface area contributed by atoms with E-state index in [-0.39, 0.29) is 5.56 Å². The van der Waals surface area contributed by atoms with Crippen molar-refractivity contribution in [1.82, 2.24) is 14.5 Å². The summed E-state index contributed by atoms with van der Waals surface area (Å²) >= 11 is 0. The van der Waals surface area contributed by atoms with Crippen molar-refractivity contribution in [1.29, 1.82) is 5.26 Å². The molecule has 0 saturated carbocycles. The molecular weight excluding hydrogens is 572 g/mol. The molecule has 46 heavy (non-hydrogen) atoms. The van der Waals surface area contributed by atoms with Gasteiger partial charge in [-0.05, 0) is 42.0 Å². The van der Waals surface area contributed by atoms with Gasteiger partial charge in [-0.2, -0.15) is 5.26 Å². The second kappa shape index (κ2) is 10.4. The zero-order chi connectivity index (χ0) is 31.4. The van der Waals surface area contributed by atoms with E-state index in [1.54, 1.807) is 73.3 Å². The average Bonchev–Trinajstić information content (AvgIpc) is 3.59. The molecule has 2 amide bonds. The minimum atomic E-state index is -0.436. The third kappa shape index (κ3) is 3.78. The van der Waals surface area contributed by atoms with Gasteiger partial charge in [-0.3, -0.25) is 19.6 Å². The number of anilines is 1. The van der Waals surface area contributed by atoms with Crippen LogP contribution in [0.5, 0.6) is 0 Å². The van der Waals surface area contributed by atoms with E-state index in [1.807, 2.05) is 53.1 Å². The van der Waals surface area contributed by atoms with Crippen LogP contribution >= 0.6 is 0 Å². The van der Waals surface area contributed by atoms with Gasteiger partial charge < -0.3 is 4.57 Å². The maximum atomic E-state index is 14.3. The summed E-state index contributed by atoms with van der Waals surface area (Å²) in [5.74, 6) is -0.843. The number of carbonyl (C=O) groups is 2. The van der Waals surface area contributed by atoms with Crippen LogP contribution in [-0.4, -0.2) is 26.3 Å². The van der Waals surface area contributed by atoms with Gasteiger partial charge in [0.1, 0.15) is 0 Å². The van der Waals surface area contributed by atoms with Gasteiger partial charge in [0.05, 0.1) is 51.7 Å². The Labute approximate surface area is 262 Å². The molecule has 3 aromatic heterocycles. The molecule has 0 atom stereocenters. The number of hydrogen-bond donors (Lipinski definition) is 0. The third-order valence-electron chi connectivity index (χ3n) is 8.40. The number of pyridine rings is 2. The number of amides is 2. The first-order valence-corrected chi connectivity index (χ1v) is 14.4. The molecule has 1 aliphatic heterocycles. The molecule has 0 aliphatic carbocycles. The summed E-state index contributed by atoms with van der Waals surface area (Å²) in [6.07, 6.45) is 6.50. The molecule has 0 N–H and O–H groups in total. The number of nitrogens with zero attached hydrogens (tertiary/aromatic N) is 6. The fourth-order valence-electron chi connectivity index (χ4n) is 6.46. The molecule has 0 fully saturated rings. The summed E-state index contributed by atoms with van der Waals surface area (Å²) in [7, 11) is 0. The van der Waals surface area contributed by atoms with Gasteiger partial charge >= 0.3 is 0 Å².